The first-order valence-electron chi connectivity index (χ1n) is 6.55. The molecule has 0 spiro atoms. The Morgan fingerprint density at radius 1 is 1.06 bits per heavy atom. The summed E-state index contributed by atoms with van der Waals surface area (Å²) in [5, 5.41) is 0. The van der Waals surface area contributed by atoms with Crippen molar-refractivity contribution in [3.63, 3.8) is 0 Å². The van der Waals surface area contributed by atoms with Gasteiger partial charge in [0, 0.05) is 4.90 Å². The predicted octanol–water partition coefficient (Wildman–Crippen LogP) is 3.65. The van der Waals surface area contributed by atoms with Gasteiger partial charge in [-0.25, -0.2) is 4.99 Å². The second kappa shape index (κ2) is 8.86. The number of unbranched alkanes of at least 4 members (excludes halogenated alkanes) is 4. The fourth-order valence-corrected chi connectivity index (χ4v) is 2.57. The van der Waals surface area contributed by atoms with Crippen LogP contribution >= 0.6 is 11.8 Å². The van der Waals surface area contributed by atoms with Crippen LogP contribution in [0.1, 0.15) is 39.0 Å². The molecule has 0 fully saturated rings. The van der Waals surface area contributed by atoms with Gasteiger partial charge in [-0.1, -0.05) is 32.6 Å². The fraction of sp³-hybridized carbons (Fsp3) is 0.500. The van der Waals surface area contributed by atoms with Crippen LogP contribution in [0.5, 0.6) is 0 Å². The van der Waals surface area contributed by atoms with E-state index >= 15 is 0 Å². The van der Waals surface area contributed by atoms with Gasteiger partial charge in [-0.3, -0.25) is 0 Å². The molecule has 0 heterocycles. The largest absolute Gasteiger partial charge is 0.370 e. The van der Waals surface area contributed by atoms with Crippen molar-refractivity contribution in [3.05, 3.63) is 24.3 Å². The van der Waals surface area contributed by atoms with E-state index in [1.165, 1.54) is 42.8 Å². The third-order valence-electron chi connectivity index (χ3n) is 2.61. The van der Waals surface area contributed by atoms with Crippen LogP contribution in [-0.2, 0) is 0 Å². The zero-order chi connectivity index (χ0) is 13.2. The van der Waals surface area contributed by atoms with Crippen LogP contribution in [0, 0.1) is 0 Å². The summed E-state index contributed by atoms with van der Waals surface area (Å²) in [6.07, 6.45) is 6.66. The number of hydrogen-bond acceptors (Lipinski definition) is 2. The van der Waals surface area contributed by atoms with Crippen LogP contribution < -0.4 is 11.5 Å². The normalized spacial score (nSPS) is 10.3. The Morgan fingerprint density at radius 3 is 2.33 bits per heavy atom. The molecular weight excluding hydrogens is 242 g/mol. The van der Waals surface area contributed by atoms with Crippen molar-refractivity contribution in [2.24, 2.45) is 16.5 Å². The molecular formula is C14H23N3S. The molecule has 0 saturated carbocycles. The molecule has 100 valence electrons. The third kappa shape index (κ3) is 6.55. The lowest BCUT2D eigenvalue weighted by Crippen LogP contribution is -2.21. The average Bonchev–Trinajstić information content (AvgIpc) is 2.35. The number of aliphatic imine (C=N–C) groups is 1. The molecule has 4 N–H and O–H groups in total. The van der Waals surface area contributed by atoms with E-state index in [4.69, 9.17) is 11.5 Å². The number of benzene rings is 1. The summed E-state index contributed by atoms with van der Waals surface area (Å²) in [6.45, 7) is 2.24. The van der Waals surface area contributed by atoms with Crippen molar-refractivity contribution >= 4 is 23.4 Å². The molecule has 3 nitrogen and oxygen atoms in total. The van der Waals surface area contributed by atoms with E-state index < -0.39 is 0 Å². The summed E-state index contributed by atoms with van der Waals surface area (Å²) in [5.74, 6) is 1.29. The number of thioether (sulfide) groups is 1. The van der Waals surface area contributed by atoms with Crippen LogP contribution in [0.25, 0.3) is 0 Å². The highest BCUT2D eigenvalue weighted by Crippen LogP contribution is 2.22. The fourth-order valence-electron chi connectivity index (χ4n) is 1.66. The molecule has 1 rings (SSSR count). The van der Waals surface area contributed by atoms with E-state index in [9.17, 15) is 0 Å². The Balaban J connectivity index is 2.25. The van der Waals surface area contributed by atoms with Crippen molar-refractivity contribution in [1.29, 1.82) is 0 Å². The van der Waals surface area contributed by atoms with E-state index in [0.29, 0.717) is 0 Å². The minimum atomic E-state index is 0.103. The second-order valence-corrected chi connectivity index (χ2v) is 5.46. The molecule has 1 aromatic rings. The molecule has 18 heavy (non-hydrogen) atoms. The molecule has 1 aromatic carbocycles. The van der Waals surface area contributed by atoms with E-state index in [-0.39, 0.29) is 5.96 Å². The first-order valence-corrected chi connectivity index (χ1v) is 7.53. The van der Waals surface area contributed by atoms with E-state index in [0.717, 1.165) is 5.69 Å². The Bertz CT molecular complexity index is 356. The van der Waals surface area contributed by atoms with Gasteiger partial charge >= 0.3 is 0 Å². The van der Waals surface area contributed by atoms with Crippen LogP contribution in [0.15, 0.2) is 34.2 Å². The van der Waals surface area contributed by atoms with Crippen LogP contribution in [0.4, 0.5) is 5.69 Å². The lowest BCUT2D eigenvalue weighted by Gasteiger charge is -2.02. The SMILES string of the molecule is CCCCCCCSc1ccc(N=C(N)N)cc1. The molecule has 4 heteroatoms. The van der Waals surface area contributed by atoms with E-state index in [1.54, 1.807) is 0 Å². The van der Waals surface area contributed by atoms with Gasteiger partial charge < -0.3 is 11.5 Å². The number of nitrogens with two attached hydrogens (primary N) is 2. The molecule has 0 saturated heterocycles. The van der Waals surface area contributed by atoms with Crippen LogP contribution in [-0.4, -0.2) is 11.7 Å². The minimum absolute atomic E-state index is 0.103. The van der Waals surface area contributed by atoms with Gasteiger partial charge in [-0.05, 0) is 36.4 Å². The quantitative estimate of drug-likeness (QED) is 0.326. The zero-order valence-corrected chi connectivity index (χ0v) is 11.9. The van der Waals surface area contributed by atoms with Crippen LogP contribution in [0.3, 0.4) is 0 Å². The first-order chi connectivity index (χ1) is 8.72. The second-order valence-electron chi connectivity index (χ2n) is 4.29. The molecule has 0 amide bonds. The third-order valence-corrected chi connectivity index (χ3v) is 3.71. The minimum Gasteiger partial charge on any atom is -0.370 e. The Labute approximate surface area is 114 Å². The van der Waals surface area contributed by atoms with Crippen molar-refractivity contribution in [3.8, 4) is 0 Å². The Hall–Kier alpha value is -1.16. The predicted molar refractivity (Wildman–Crippen MR) is 81.4 cm³/mol. The van der Waals surface area contributed by atoms with Crippen molar-refractivity contribution in [2.75, 3.05) is 5.75 Å². The first kappa shape index (κ1) is 14.9. The van der Waals surface area contributed by atoms with Gasteiger partial charge in [0.15, 0.2) is 5.96 Å². The standard InChI is InChI=1S/C14H23N3S/c1-2-3-4-5-6-11-18-13-9-7-12(8-10-13)17-14(15)16/h7-10H,2-6,11H2,1H3,(H4,15,16,17). The highest BCUT2D eigenvalue weighted by molar-refractivity contribution is 7.99. The Morgan fingerprint density at radius 2 is 1.72 bits per heavy atom. The maximum absolute atomic E-state index is 5.32. The lowest BCUT2D eigenvalue weighted by molar-refractivity contribution is 0.659. The molecule has 0 atom stereocenters. The molecule has 0 bridgehead atoms. The number of rotatable bonds is 8. The number of hydrogen-bond donors (Lipinski definition) is 2. The molecule has 0 aliphatic heterocycles. The topological polar surface area (TPSA) is 64.4 Å². The number of nitrogens with zero attached hydrogens (tertiary/aromatic N) is 1. The summed E-state index contributed by atoms with van der Waals surface area (Å²) in [4.78, 5) is 5.27. The summed E-state index contributed by atoms with van der Waals surface area (Å²) in [6, 6.07) is 8.02. The zero-order valence-electron chi connectivity index (χ0n) is 11.1. The lowest BCUT2D eigenvalue weighted by atomic mass is 10.2. The smallest absolute Gasteiger partial charge is 0.191 e. The van der Waals surface area contributed by atoms with Crippen molar-refractivity contribution in [1.82, 2.24) is 0 Å². The maximum Gasteiger partial charge on any atom is 0.191 e. The monoisotopic (exact) mass is 265 g/mol. The van der Waals surface area contributed by atoms with E-state index in [1.807, 2.05) is 23.9 Å². The molecule has 0 aromatic heterocycles. The van der Waals surface area contributed by atoms with E-state index in [2.05, 4.69) is 24.0 Å². The van der Waals surface area contributed by atoms with Gasteiger partial charge in [0.2, 0.25) is 0 Å². The van der Waals surface area contributed by atoms with Crippen LogP contribution in [0.2, 0.25) is 0 Å². The van der Waals surface area contributed by atoms with Gasteiger partial charge in [0.25, 0.3) is 0 Å². The average molecular weight is 265 g/mol. The highest BCUT2D eigenvalue weighted by atomic mass is 32.2. The van der Waals surface area contributed by atoms with Gasteiger partial charge in [-0.2, -0.15) is 0 Å². The maximum atomic E-state index is 5.32. The summed E-state index contributed by atoms with van der Waals surface area (Å²) < 4.78 is 0. The molecule has 0 unspecified atom stereocenters. The molecule has 0 aliphatic carbocycles. The highest BCUT2D eigenvalue weighted by Gasteiger charge is 1.96. The molecule has 0 aliphatic rings. The summed E-state index contributed by atoms with van der Waals surface area (Å²) in [5.41, 5.74) is 11.5. The Kier molecular flexibility index (Phi) is 7.34. The van der Waals surface area contributed by atoms with Gasteiger partial charge in [0.1, 0.15) is 0 Å². The van der Waals surface area contributed by atoms with Crippen molar-refractivity contribution < 1.29 is 0 Å². The summed E-state index contributed by atoms with van der Waals surface area (Å²) >= 11 is 1.90. The van der Waals surface area contributed by atoms with Crippen molar-refractivity contribution in [2.45, 2.75) is 43.9 Å². The van der Waals surface area contributed by atoms with Gasteiger partial charge in [-0.15, -0.1) is 11.8 Å². The van der Waals surface area contributed by atoms with Gasteiger partial charge in [0.05, 0.1) is 5.69 Å². The number of guanidine groups is 1. The molecule has 0 radical (unpaired) electrons. The summed E-state index contributed by atoms with van der Waals surface area (Å²) in [7, 11) is 0.